The van der Waals surface area contributed by atoms with Gasteiger partial charge in [-0.05, 0) is 23.7 Å². The van der Waals surface area contributed by atoms with Crippen LogP contribution in [0.3, 0.4) is 0 Å². The number of rotatable bonds is 2. The second-order valence-electron chi connectivity index (χ2n) is 2.80. The summed E-state index contributed by atoms with van der Waals surface area (Å²) in [6.07, 6.45) is 0. The van der Waals surface area contributed by atoms with Gasteiger partial charge in [0.1, 0.15) is 0 Å². The molecule has 0 aliphatic carbocycles. The average molecular weight is 218 g/mol. The van der Waals surface area contributed by atoms with Gasteiger partial charge in [-0.25, -0.2) is 0 Å². The van der Waals surface area contributed by atoms with E-state index in [1.54, 1.807) is 23.1 Å². The summed E-state index contributed by atoms with van der Waals surface area (Å²) in [6.45, 7) is 0. The summed E-state index contributed by atoms with van der Waals surface area (Å²) in [4.78, 5) is 12.8. The van der Waals surface area contributed by atoms with E-state index in [1.165, 1.54) is 0 Å². The normalized spacial score (nSPS) is 9.85. The van der Waals surface area contributed by atoms with Crippen LogP contribution in [0.4, 0.5) is 5.69 Å². The molecule has 0 aliphatic rings. The third-order valence-electron chi connectivity index (χ3n) is 1.65. The van der Waals surface area contributed by atoms with E-state index in [9.17, 15) is 4.79 Å². The van der Waals surface area contributed by atoms with Gasteiger partial charge in [-0.1, -0.05) is 17.7 Å². The summed E-state index contributed by atoms with van der Waals surface area (Å²) in [5.41, 5.74) is 1.09. The van der Waals surface area contributed by atoms with E-state index >= 15 is 0 Å². The molecule has 0 aromatic heterocycles. The van der Waals surface area contributed by atoms with Gasteiger partial charge in [0.2, 0.25) is 0 Å². The van der Waals surface area contributed by atoms with Crippen molar-refractivity contribution in [2.45, 2.75) is 0 Å². The molecule has 1 aromatic rings. The van der Waals surface area contributed by atoms with Crippen molar-refractivity contribution in [3.05, 3.63) is 28.8 Å². The van der Waals surface area contributed by atoms with Gasteiger partial charge in [0.15, 0.2) is 0 Å². The average Bonchev–Trinajstić information content (AvgIpc) is 2.02. The number of hydrogen-bond acceptors (Lipinski definition) is 2. The van der Waals surface area contributed by atoms with Crippen molar-refractivity contribution >= 4 is 34.1 Å². The highest BCUT2D eigenvalue weighted by Gasteiger charge is 2.13. The van der Waals surface area contributed by atoms with E-state index in [1.807, 2.05) is 14.1 Å². The van der Waals surface area contributed by atoms with Crippen LogP contribution in [0, 0.1) is 0 Å². The fourth-order valence-electron chi connectivity index (χ4n) is 1.13. The minimum atomic E-state index is -0.494. The third-order valence-corrected chi connectivity index (χ3v) is 2.15. The van der Waals surface area contributed by atoms with Crippen LogP contribution in [0.1, 0.15) is 10.4 Å². The Kier molecular flexibility index (Phi) is 3.17. The van der Waals surface area contributed by atoms with Gasteiger partial charge in [-0.2, -0.15) is 0 Å². The SMILES string of the molecule is CN(C)c1c(Cl)cccc1C(=O)Cl. The Morgan fingerprint density at radius 3 is 2.38 bits per heavy atom. The highest BCUT2D eigenvalue weighted by Crippen LogP contribution is 2.29. The maximum absolute atomic E-state index is 11.0. The van der Waals surface area contributed by atoms with Crippen LogP contribution in [0.5, 0.6) is 0 Å². The van der Waals surface area contributed by atoms with Crippen LogP contribution in [0.25, 0.3) is 0 Å². The smallest absolute Gasteiger partial charge is 0.254 e. The van der Waals surface area contributed by atoms with Crippen LogP contribution in [0.15, 0.2) is 18.2 Å². The maximum atomic E-state index is 11.0. The molecular formula is C9H9Cl2NO. The Morgan fingerprint density at radius 2 is 2.00 bits per heavy atom. The van der Waals surface area contributed by atoms with Gasteiger partial charge < -0.3 is 4.90 Å². The summed E-state index contributed by atoms with van der Waals surface area (Å²) in [7, 11) is 3.62. The van der Waals surface area contributed by atoms with Gasteiger partial charge in [-0.3, -0.25) is 4.79 Å². The summed E-state index contributed by atoms with van der Waals surface area (Å²) in [5, 5.41) is 0.0303. The highest BCUT2D eigenvalue weighted by molar-refractivity contribution is 6.68. The van der Waals surface area contributed by atoms with Crippen molar-refractivity contribution in [1.82, 2.24) is 0 Å². The molecule has 0 atom stereocenters. The zero-order valence-electron chi connectivity index (χ0n) is 7.34. The monoisotopic (exact) mass is 217 g/mol. The molecule has 0 radical (unpaired) electrons. The number of para-hydroxylation sites is 1. The minimum Gasteiger partial charge on any atom is -0.376 e. The Balaban J connectivity index is 3.34. The Bertz CT molecular complexity index is 336. The molecule has 0 unspecified atom stereocenters. The lowest BCUT2D eigenvalue weighted by Gasteiger charge is -2.16. The molecule has 0 amide bonds. The molecule has 0 bridgehead atoms. The number of halogens is 2. The molecule has 0 heterocycles. The maximum Gasteiger partial charge on any atom is 0.254 e. The predicted molar refractivity (Wildman–Crippen MR) is 56.0 cm³/mol. The number of hydrogen-bond donors (Lipinski definition) is 0. The second kappa shape index (κ2) is 3.99. The molecule has 2 nitrogen and oxygen atoms in total. The number of nitrogens with zero attached hydrogens (tertiary/aromatic N) is 1. The standard InChI is InChI=1S/C9H9Cl2NO/c1-12(2)8-6(9(11)13)4-3-5-7(8)10/h3-5H,1-2H3. The molecule has 1 aromatic carbocycles. The van der Waals surface area contributed by atoms with Gasteiger partial charge in [-0.15, -0.1) is 0 Å². The van der Waals surface area contributed by atoms with Crippen molar-refractivity contribution in [3.63, 3.8) is 0 Å². The summed E-state index contributed by atoms with van der Waals surface area (Å²) in [5.74, 6) is 0. The molecule has 13 heavy (non-hydrogen) atoms. The van der Waals surface area contributed by atoms with E-state index in [0.717, 1.165) is 0 Å². The van der Waals surface area contributed by atoms with Crippen LogP contribution >= 0.6 is 23.2 Å². The third kappa shape index (κ3) is 2.14. The summed E-state index contributed by atoms with van der Waals surface area (Å²) < 4.78 is 0. The predicted octanol–water partition coefficient (Wildman–Crippen LogP) is 2.79. The molecule has 0 N–H and O–H groups in total. The fourth-order valence-corrected chi connectivity index (χ4v) is 1.62. The molecule has 4 heteroatoms. The lowest BCUT2D eigenvalue weighted by atomic mass is 10.2. The van der Waals surface area contributed by atoms with Gasteiger partial charge in [0.25, 0.3) is 5.24 Å². The zero-order valence-corrected chi connectivity index (χ0v) is 8.86. The molecule has 0 aliphatic heterocycles. The number of benzene rings is 1. The number of carbonyl (C=O) groups excluding carboxylic acids is 1. The molecule has 1 rings (SSSR count). The molecule has 0 saturated heterocycles. The van der Waals surface area contributed by atoms with E-state index in [0.29, 0.717) is 16.3 Å². The topological polar surface area (TPSA) is 20.3 Å². The van der Waals surface area contributed by atoms with E-state index in [2.05, 4.69) is 0 Å². The first-order chi connectivity index (χ1) is 6.04. The first-order valence-corrected chi connectivity index (χ1v) is 4.45. The lowest BCUT2D eigenvalue weighted by Crippen LogP contribution is -2.12. The first kappa shape index (κ1) is 10.4. The van der Waals surface area contributed by atoms with Crippen molar-refractivity contribution in [2.24, 2.45) is 0 Å². The van der Waals surface area contributed by atoms with Crippen molar-refractivity contribution in [3.8, 4) is 0 Å². The molecular weight excluding hydrogens is 209 g/mol. The number of carbonyl (C=O) groups is 1. The largest absolute Gasteiger partial charge is 0.376 e. The molecule has 0 fully saturated rings. The summed E-state index contributed by atoms with van der Waals surface area (Å²) in [6, 6.07) is 5.07. The fraction of sp³-hybridized carbons (Fsp3) is 0.222. The Hall–Kier alpha value is -0.730. The van der Waals surface area contributed by atoms with E-state index in [-0.39, 0.29) is 0 Å². The van der Waals surface area contributed by atoms with Crippen molar-refractivity contribution in [1.29, 1.82) is 0 Å². The van der Waals surface area contributed by atoms with Gasteiger partial charge >= 0.3 is 0 Å². The van der Waals surface area contributed by atoms with Gasteiger partial charge in [0, 0.05) is 14.1 Å². The lowest BCUT2D eigenvalue weighted by molar-refractivity contribution is 0.108. The van der Waals surface area contributed by atoms with E-state index in [4.69, 9.17) is 23.2 Å². The molecule has 0 spiro atoms. The van der Waals surface area contributed by atoms with E-state index < -0.39 is 5.24 Å². The minimum absolute atomic E-state index is 0.430. The van der Waals surface area contributed by atoms with Crippen LogP contribution in [-0.4, -0.2) is 19.3 Å². The molecule has 70 valence electrons. The second-order valence-corrected chi connectivity index (χ2v) is 3.55. The summed E-state index contributed by atoms with van der Waals surface area (Å²) >= 11 is 11.3. The number of anilines is 1. The van der Waals surface area contributed by atoms with Crippen LogP contribution in [0.2, 0.25) is 5.02 Å². The molecule has 0 saturated carbocycles. The van der Waals surface area contributed by atoms with Crippen molar-refractivity contribution in [2.75, 3.05) is 19.0 Å². The van der Waals surface area contributed by atoms with Crippen LogP contribution in [-0.2, 0) is 0 Å². The van der Waals surface area contributed by atoms with Crippen LogP contribution < -0.4 is 4.90 Å². The first-order valence-electron chi connectivity index (χ1n) is 3.69. The van der Waals surface area contributed by atoms with Gasteiger partial charge in [0.05, 0.1) is 16.3 Å². The highest BCUT2D eigenvalue weighted by atomic mass is 35.5. The van der Waals surface area contributed by atoms with Crippen molar-refractivity contribution < 1.29 is 4.79 Å². The Labute approximate surface area is 87.1 Å². The zero-order chi connectivity index (χ0) is 10.0. The quantitative estimate of drug-likeness (QED) is 0.711. The Morgan fingerprint density at radius 1 is 1.38 bits per heavy atom.